The van der Waals surface area contributed by atoms with Gasteiger partial charge in [-0.1, -0.05) is 0 Å². The number of nitrogens with one attached hydrogen (secondary N) is 3. The van der Waals surface area contributed by atoms with Crippen molar-refractivity contribution in [3.63, 3.8) is 0 Å². The van der Waals surface area contributed by atoms with Gasteiger partial charge in [0.2, 0.25) is 5.91 Å². The summed E-state index contributed by atoms with van der Waals surface area (Å²) in [4.78, 5) is 23.8. The molecule has 26 heavy (non-hydrogen) atoms. The van der Waals surface area contributed by atoms with E-state index in [0.717, 1.165) is 31.4 Å². The van der Waals surface area contributed by atoms with Crippen LogP contribution < -0.4 is 10.6 Å². The van der Waals surface area contributed by atoms with Gasteiger partial charge in [-0.05, 0) is 45.4 Å². The summed E-state index contributed by atoms with van der Waals surface area (Å²) in [7, 11) is 0. The summed E-state index contributed by atoms with van der Waals surface area (Å²) in [5, 5.41) is 21.4. The Balaban J connectivity index is 1.47. The molecule has 1 heterocycles. The quantitative estimate of drug-likeness (QED) is 0.721. The molecule has 8 heteroatoms. The van der Waals surface area contributed by atoms with Crippen LogP contribution in [0.4, 0.5) is 10.6 Å². The van der Waals surface area contributed by atoms with Crippen molar-refractivity contribution in [1.82, 2.24) is 15.5 Å². The van der Waals surface area contributed by atoms with Gasteiger partial charge in [-0.3, -0.25) is 9.89 Å². The van der Waals surface area contributed by atoms with Crippen LogP contribution in [0.15, 0.2) is 6.07 Å². The molecule has 2 amide bonds. The molecule has 0 unspecified atom stereocenters. The maximum atomic E-state index is 12.1. The SMILES string of the molecule is CC(C)NC(=O)O[C@@H]1CC[C@H](c2cc(NC(=O)[C@H]3C[C@@H]3CC#N)n[nH]2)C1. The summed E-state index contributed by atoms with van der Waals surface area (Å²) < 4.78 is 5.44. The first-order valence-electron chi connectivity index (χ1n) is 9.16. The zero-order chi connectivity index (χ0) is 18.7. The van der Waals surface area contributed by atoms with E-state index in [4.69, 9.17) is 10.00 Å². The average Bonchev–Trinajstić information content (AvgIpc) is 2.96. The van der Waals surface area contributed by atoms with Crippen LogP contribution in [0.5, 0.6) is 0 Å². The second-order valence-electron chi connectivity index (χ2n) is 7.50. The number of rotatable bonds is 6. The zero-order valence-corrected chi connectivity index (χ0v) is 15.1. The first kappa shape index (κ1) is 18.2. The largest absolute Gasteiger partial charge is 0.446 e. The first-order chi connectivity index (χ1) is 12.5. The molecule has 0 aromatic carbocycles. The highest BCUT2D eigenvalue weighted by Crippen LogP contribution is 2.42. The number of aromatic nitrogens is 2. The standard InChI is InChI=1S/C18H25N5O3/c1-10(2)20-18(25)26-13-4-3-12(7-13)15-9-16(23-22-15)21-17(24)14-8-11(14)5-6-19/h9-14H,3-5,7-8H2,1-2H3,(H,20,25)(H2,21,22,23,24)/t11-,12-,13+,14-/m0/s1. The molecule has 2 fully saturated rings. The number of hydrogen-bond donors (Lipinski definition) is 3. The summed E-state index contributed by atoms with van der Waals surface area (Å²) in [6, 6.07) is 4.01. The van der Waals surface area contributed by atoms with Crippen LogP contribution in [0.25, 0.3) is 0 Å². The van der Waals surface area contributed by atoms with Crippen molar-refractivity contribution in [1.29, 1.82) is 5.26 Å². The van der Waals surface area contributed by atoms with Crippen LogP contribution in [0.1, 0.15) is 57.6 Å². The fourth-order valence-electron chi connectivity index (χ4n) is 3.49. The van der Waals surface area contributed by atoms with Gasteiger partial charge in [0.25, 0.3) is 0 Å². The molecule has 140 valence electrons. The Morgan fingerprint density at radius 1 is 1.42 bits per heavy atom. The third-order valence-electron chi connectivity index (χ3n) is 4.97. The molecule has 0 spiro atoms. The summed E-state index contributed by atoms with van der Waals surface area (Å²) in [6.45, 7) is 3.78. The summed E-state index contributed by atoms with van der Waals surface area (Å²) in [5.74, 6) is 0.787. The molecule has 0 saturated heterocycles. The number of amides is 2. The monoisotopic (exact) mass is 359 g/mol. The number of aromatic amines is 1. The molecular weight excluding hydrogens is 334 g/mol. The van der Waals surface area contributed by atoms with Crippen molar-refractivity contribution in [3.05, 3.63) is 11.8 Å². The predicted octanol–water partition coefficient (Wildman–Crippen LogP) is 2.67. The number of carbonyl (C=O) groups excluding carboxylic acids is 2. The number of H-pyrrole nitrogens is 1. The van der Waals surface area contributed by atoms with Gasteiger partial charge in [-0.15, -0.1) is 0 Å². The van der Waals surface area contributed by atoms with Gasteiger partial charge in [-0.2, -0.15) is 10.4 Å². The van der Waals surface area contributed by atoms with E-state index in [-0.39, 0.29) is 41.9 Å². The van der Waals surface area contributed by atoms with Crippen LogP contribution in [-0.4, -0.2) is 34.3 Å². The van der Waals surface area contributed by atoms with E-state index in [1.165, 1.54) is 0 Å². The fourth-order valence-corrected chi connectivity index (χ4v) is 3.49. The number of ether oxygens (including phenoxy) is 1. The van der Waals surface area contributed by atoms with Crippen molar-refractivity contribution in [2.45, 2.75) is 64.0 Å². The molecular formula is C18H25N5O3. The van der Waals surface area contributed by atoms with Gasteiger partial charge in [0.05, 0.1) is 6.07 Å². The molecule has 0 bridgehead atoms. The topological polar surface area (TPSA) is 120 Å². The van der Waals surface area contributed by atoms with Crippen molar-refractivity contribution in [3.8, 4) is 6.07 Å². The molecule has 3 N–H and O–H groups in total. The lowest BCUT2D eigenvalue weighted by atomic mass is 10.0. The molecule has 2 saturated carbocycles. The summed E-state index contributed by atoms with van der Waals surface area (Å²) in [5.41, 5.74) is 0.944. The normalized spacial score (nSPS) is 27.0. The van der Waals surface area contributed by atoms with E-state index < -0.39 is 0 Å². The summed E-state index contributed by atoms with van der Waals surface area (Å²) in [6.07, 6.45) is 3.19. The van der Waals surface area contributed by atoms with E-state index in [1.54, 1.807) is 0 Å². The molecule has 1 aromatic heterocycles. The fraction of sp³-hybridized carbons (Fsp3) is 0.667. The Hall–Kier alpha value is -2.56. The Morgan fingerprint density at radius 2 is 2.23 bits per heavy atom. The molecule has 8 nitrogen and oxygen atoms in total. The van der Waals surface area contributed by atoms with E-state index >= 15 is 0 Å². The molecule has 0 radical (unpaired) electrons. The molecule has 1 aromatic rings. The lowest BCUT2D eigenvalue weighted by Gasteiger charge is -2.14. The third kappa shape index (κ3) is 4.54. The predicted molar refractivity (Wildman–Crippen MR) is 94.2 cm³/mol. The van der Waals surface area contributed by atoms with Gasteiger partial charge in [0.15, 0.2) is 5.82 Å². The number of alkyl carbamates (subject to hydrolysis) is 1. The lowest BCUT2D eigenvalue weighted by molar-refractivity contribution is -0.117. The van der Waals surface area contributed by atoms with Crippen LogP contribution in [0.2, 0.25) is 0 Å². The Labute approximate surface area is 152 Å². The van der Waals surface area contributed by atoms with Crippen molar-refractivity contribution >= 4 is 17.8 Å². The van der Waals surface area contributed by atoms with E-state index in [2.05, 4.69) is 26.9 Å². The molecule has 4 atom stereocenters. The highest BCUT2D eigenvalue weighted by atomic mass is 16.6. The maximum Gasteiger partial charge on any atom is 0.407 e. The molecule has 3 rings (SSSR count). The molecule has 2 aliphatic carbocycles. The maximum absolute atomic E-state index is 12.1. The lowest BCUT2D eigenvalue weighted by Crippen LogP contribution is -2.33. The third-order valence-corrected chi connectivity index (χ3v) is 4.97. The van der Waals surface area contributed by atoms with Crippen LogP contribution in [-0.2, 0) is 9.53 Å². The molecule has 0 aliphatic heterocycles. The van der Waals surface area contributed by atoms with Gasteiger partial charge in [0.1, 0.15) is 6.10 Å². The number of carbonyl (C=O) groups is 2. The highest BCUT2D eigenvalue weighted by molar-refractivity contribution is 5.93. The smallest absolute Gasteiger partial charge is 0.407 e. The average molecular weight is 359 g/mol. The second-order valence-corrected chi connectivity index (χ2v) is 7.50. The number of nitrogens with zero attached hydrogens (tertiary/aromatic N) is 2. The number of nitriles is 1. The van der Waals surface area contributed by atoms with E-state index in [9.17, 15) is 9.59 Å². The van der Waals surface area contributed by atoms with Gasteiger partial charge in [-0.25, -0.2) is 4.79 Å². The van der Waals surface area contributed by atoms with Crippen molar-refractivity contribution in [2.24, 2.45) is 11.8 Å². The van der Waals surface area contributed by atoms with E-state index in [1.807, 2.05) is 19.9 Å². The van der Waals surface area contributed by atoms with E-state index in [0.29, 0.717) is 12.2 Å². The number of hydrogen-bond acceptors (Lipinski definition) is 5. The van der Waals surface area contributed by atoms with Gasteiger partial charge in [0, 0.05) is 36.1 Å². The Bertz CT molecular complexity index is 708. The highest BCUT2D eigenvalue weighted by Gasteiger charge is 2.42. The molecule has 2 aliphatic rings. The Kier molecular flexibility index (Phi) is 5.45. The minimum absolute atomic E-state index is 0.0534. The second kappa shape index (κ2) is 7.77. The number of anilines is 1. The summed E-state index contributed by atoms with van der Waals surface area (Å²) >= 11 is 0. The minimum atomic E-state index is -0.375. The zero-order valence-electron chi connectivity index (χ0n) is 15.1. The van der Waals surface area contributed by atoms with Crippen molar-refractivity contribution < 1.29 is 14.3 Å². The van der Waals surface area contributed by atoms with Gasteiger partial charge >= 0.3 is 6.09 Å². The van der Waals surface area contributed by atoms with Crippen LogP contribution in [0, 0.1) is 23.2 Å². The minimum Gasteiger partial charge on any atom is -0.446 e. The van der Waals surface area contributed by atoms with Crippen molar-refractivity contribution in [2.75, 3.05) is 5.32 Å². The first-order valence-corrected chi connectivity index (χ1v) is 9.16. The van der Waals surface area contributed by atoms with Gasteiger partial charge < -0.3 is 15.4 Å². The Morgan fingerprint density at radius 3 is 2.96 bits per heavy atom. The van der Waals surface area contributed by atoms with Crippen LogP contribution >= 0.6 is 0 Å². The van der Waals surface area contributed by atoms with Crippen LogP contribution in [0.3, 0.4) is 0 Å².